The van der Waals surface area contributed by atoms with Crippen molar-refractivity contribution in [1.29, 1.82) is 0 Å². The molecule has 2 N–H and O–H groups in total. The van der Waals surface area contributed by atoms with Gasteiger partial charge in [-0.3, -0.25) is 0 Å². The first-order valence-corrected chi connectivity index (χ1v) is 6.77. The van der Waals surface area contributed by atoms with Gasteiger partial charge in [0.1, 0.15) is 23.5 Å². The molecular weight excluding hydrogens is 252 g/mol. The molecule has 0 bridgehead atoms. The second-order valence-electron chi connectivity index (χ2n) is 5.21. The zero-order valence-corrected chi connectivity index (χ0v) is 11.7. The molecule has 2 heterocycles. The van der Waals surface area contributed by atoms with Gasteiger partial charge in [-0.15, -0.1) is 0 Å². The number of rotatable bonds is 4. The molecular formula is C15H18N4O. The van der Waals surface area contributed by atoms with Gasteiger partial charge in [0.25, 0.3) is 0 Å². The molecule has 5 nitrogen and oxygen atoms in total. The van der Waals surface area contributed by atoms with Crippen molar-refractivity contribution in [2.75, 3.05) is 0 Å². The van der Waals surface area contributed by atoms with Crippen molar-refractivity contribution in [2.45, 2.75) is 32.4 Å². The summed E-state index contributed by atoms with van der Waals surface area (Å²) in [5.41, 5.74) is 7.11. The predicted molar refractivity (Wildman–Crippen MR) is 77.3 cm³/mol. The molecule has 0 saturated carbocycles. The summed E-state index contributed by atoms with van der Waals surface area (Å²) in [6.07, 6.45) is 2.18. The molecule has 20 heavy (non-hydrogen) atoms. The van der Waals surface area contributed by atoms with Crippen LogP contribution in [0.2, 0.25) is 0 Å². The van der Waals surface area contributed by atoms with E-state index in [9.17, 15) is 0 Å². The maximum atomic E-state index is 6.24. The first kappa shape index (κ1) is 12.9. The van der Waals surface area contributed by atoms with Crippen LogP contribution in [0.4, 0.5) is 0 Å². The van der Waals surface area contributed by atoms with E-state index in [1.165, 1.54) is 0 Å². The molecule has 0 saturated heterocycles. The average molecular weight is 270 g/mol. The van der Waals surface area contributed by atoms with Crippen molar-refractivity contribution < 1.29 is 4.42 Å². The van der Waals surface area contributed by atoms with Gasteiger partial charge in [0.05, 0.1) is 6.04 Å². The fraction of sp³-hybridized carbons (Fsp3) is 0.333. The molecule has 2 aromatic heterocycles. The van der Waals surface area contributed by atoms with E-state index in [4.69, 9.17) is 10.2 Å². The van der Waals surface area contributed by atoms with Crippen LogP contribution in [0.5, 0.6) is 0 Å². The Kier molecular flexibility index (Phi) is 3.28. The molecule has 0 spiro atoms. The van der Waals surface area contributed by atoms with Crippen LogP contribution in [-0.2, 0) is 6.42 Å². The maximum absolute atomic E-state index is 6.24. The monoisotopic (exact) mass is 270 g/mol. The molecule has 1 atom stereocenters. The van der Waals surface area contributed by atoms with Gasteiger partial charge in [-0.05, 0) is 26.0 Å². The fourth-order valence-electron chi connectivity index (χ4n) is 2.33. The molecule has 3 aromatic rings. The minimum atomic E-state index is -0.218. The van der Waals surface area contributed by atoms with Crippen LogP contribution < -0.4 is 5.73 Å². The topological polar surface area (TPSA) is 69.9 Å². The van der Waals surface area contributed by atoms with Crippen LogP contribution >= 0.6 is 0 Å². The zero-order valence-electron chi connectivity index (χ0n) is 11.7. The highest BCUT2D eigenvalue weighted by atomic mass is 16.3. The van der Waals surface area contributed by atoms with Gasteiger partial charge in [-0.2, -0.15) is 5.10 Å². The first-order valence-electron chi connectivity index (χ1n) is 6.77. The summed E-state index contributed by atoms with van der Waals surface area (Å²) >= 11 is 0. The van der Waals surface area contributed by atoms with Gasteiger partial charge in [0, 0.05) is 17.8 Å². The number of hydrogen-bond acceptors (Lipinski definition) is 4. The van der Waals surface area contributed by atoms with Gasteiger partial charge in [-0.1, -0.05) is 18.2 Å². The highest BCUT2D eigenvalue weighted by Gasteiger charge is 2.16. The number of para-hydroxylation sites is 1. The molecule has 0 aliphatic heterocycles. The summed E-state index contributed by atoms with van der Waals surface area (Å²) in [7, 11) is 0. The molecule has 0 radical (unpaired) electrons. The van der Waals surface area contributed by atoms with Crippen molar-refractivity contribution in [2.24, 2.45) is 5.73 Å². The second-order valence-corrected chi connectivity index (χ2v) is 5.21. The quantitative estimate of drug-likeness (QED) is 0.791. The number of benzene rings is 1. The minimum Gasteiger partial charge on any atom is -0.459 e. The van der Waals surface area contributed by atoms with Crippen molar-refractivity contribution in [3.8, 4) is 0 Å². The number of hydrogen-bond donors (Lipinski definition) is 1. The average Bonchev–Trinajstić information content (AvgIpc) is 3.03. The van der Waals surface area contributed by atoms with Crippen molar-refractivity contribution in [3.05, 3.63) is 48.2 Å². The number of fused-ring (bicyclic) bond motifs is 1. The van der Waals surface area contributed by atoms with E-state index in [0.29, 0.717) is 6.42 Å². The maximum Gasteiger partial charge on any atom is 0.138 e. The zero-order chi connectivity index (χ0) is 14.1. The van der Waals surface area contributed by atoms with Crippen LogP contribution in [0.3, 0.4) is 0 Å². The van der Waals surface area contributed by atoms with E-state index in [1.54, 1.807) is 6.33 Å². The number of aromatic nitrogens is 3. The molecule has 0 amide bonds. The summed E-state index contributed by atoms with van der Waals surface area (Å²) in [4.78, 5) is 4.29. The molecule has 5 heteroatoms. The predicted octanol–water partition coefficient (Wildman–Crippen LogP) is 2.85. The lowest BCUT2D eigenvalue weighted by atomic mass is 10.1. The minimum absolute atomic E-state index is 0.218. The fourth-order valence-corrected chi connectivity index (χ4v) is 2.33. The Bertz CT molecular complexity index is 680. The van der Waals surface area contributed by atoms with Crippen molar-refractivity contribution >= 4 is 11.0 Å². The highest BCUT2D eigenvalue weighted by molar-refractivity contribution is 5.77. The summed E-state index contributed by atoms with van der Waals surface area (Å²) in [5.74, 6) is 1.66. The Morgan fingerprint density at radius 1 is 1.30 bits per heavy atom. The number of nitrogens with two attached hydrogens (primary N) is 1. The van der Waals surface area contributed by atoms with Crippen LogP contribution in [-0.4, -0.2) is 14.8 Å². The van der Waals surface area contributed by atoms with E-state index in [1.807, 2.05) is 35.0 Å². The second kappa shape index (κ2) is 5.09. The summed E-state index contributed by atoms with van der Waals surface area (Å²) in [6.45, 7) is 4.15. The smallest absolute Gasteiger partial charge is 0.138 e. The van der Waals surface area contributed by atoms with Gasteiger partial charge in [0.2, 0.25) is 0 Å². The SMILES string of the molecule is CC(C)n1ncnc1CC(N)c1cc2ccccc2o1. The molecule has 104 valence electrons. The summed E-state index contributed by atoms with van der Waals surface area (Å²) < 4.78 is 7.69. The summed E-state index contributed by atoms with van der Waals surface area (Å²) in [6, 6.07) is 9.96. The third-order valence-corrected chi connectivity index (χ3v) is 3.35. The third kappa shape index (κ3) is 2.32. The van der Waals surface area contributed by atoms with Gasteiger partial charge >= 0.3 is 0 Å². The standard InChI is InChI=1S/C15H18N4O/c1-10(2)19-15(17-9-18-19)8-12(16)14-7-11-5-3-4-6-13(11)20-14/h3-7,9-10,12H,8,16H2,1-2H3. The van der Waals surface area contributed by atoms with Crippen molar-refractivity contribution in [3.63, 3.8) is 0 Å². The number of furan rings is 1. The molecule has 0 aliphatic rings. The van der Waals surface area contributed by atoms with E-state index >= 15 is 0 Å². The lowest BCUT2D eigenvalue weighted by molar-refractivity contribution is 0.458. The van der Waals surface area contributed by atoms with Gasteiger partial charge < -0.3 is 10.2 Å². The summed E-state index contributed by atoms with van der Waals surface area (Å²) in [5, 5.41) is 5.30. The first-order chi connectivity index (χ1) is 9.65. The van der Waals surface area contributed by atoms with Crippen LogP contribution in [0.25, 0.3) is 11.0 Å². The van der Waals surface area contributed by atoms with Crippen LogP contribution in [0, 0.1) is 0 Å². The lowest BCUT2D eigenvalue weighted by Gasteiger charge is -2.12. The Morgan fingerprint density at radius 3 is 2.85 bits per heavy atom. The molecule has 0 aliphatic carbocycles. The Hall–Kier alpha value is -2.14. The Balaban J connectivity index is 1.85. The van der Waals surface area contributed by atoms with E-state index in [2.05, 4.69) is 23.9 Å². The van der Waals surface area contributed by atoms with Gasteiger partial charge in [0.15, 0.2) is 0 Å². The lowest BCUT2D eigenvalue weighted by Crippen LogP contribution is -2.17. The molecule has 1 aromatic carbocycles. The Morgan fingerprint density at radius 2 is 2.10 bits per heavy atom. The molecule has 3 rings (SSSR count). The van der Waals surface area contributed by atoms with E-state index < -0.39 is 0 Å². The third-order valence-electron chi connectivity index (χ3n) is 3.35. The van der Waals surface area contributed by atoms with Crippen LogP contribution in [0.15, 0.2) is 41.1 Å². The molecule has 0 fully saturated rings. The van der Waals surface area contributed by atoms with E-state index in [-0.39, 0.29) is 12.1 Å². The largest absolute Gasteiger partial charge is 0.459 e. The Labute approximate surface area is 117 Å². The molecule has 1 unspecified atom stereocenters. The number of nitrogens with zero attached hydrogens (tertiary/aromatic N) is 3. The van der Waals surface area contributed by atoms with E-state index in [0.717, 1.165) is 22.6 Å². The highest BCUT2D eigenvalue weighted by Crippen LogP contribution is 2.24. The van der Waals surface area contributed by atoms with Crippen molar-refractivity contribution in [1.82, 2.24) is 14.8 Å². The van der Waals surface area contributed by atoms with Crippen LogP contribution in [0.1, 0.15) is 37.5 Å². The normalized spacial score (nSPS) is 13.2. The van der Waals surface area contributed by atoms with Gasteiger partial charge in [-0.25, -0.2) is 9.67 Å².